The van der Waals surface area contributed by atoms with E-state index in [2.05, 4.69) is 22.0 Å². The number of nitrogens with two attached hydrogens (primary N) is 1. The van der Waals surface area contributed by atoms with Crippen LogP contribution in [-0.2, 0) is 6.42 Å². The minimum Gasteiger partial charge on any atom is -0.408 e. The zero-order valence-electron chi connectivity index (χ0n) is 9.15. The average molecular weight is 210 g/mol. The lowest BCUT2D eigenvalue weighted by molar-refractivity contribution is 0.481. The monoisotopic (exact) mass is 210 g/mol. The fourth-order valence-corrected chi connectivity index (χ4v) is 1.65. The van der Waals surface area contributed by atoms with Crippen molar-refractivity contribution in [3.8, 4) is 0 Å². The van der Waals surface area contributed by atoms with Gasteiger partial charge in [0.25, 0.3) is 0 Å². The van der Waals surface area contributed by atoms with Crippen LogP contribution in [0.25, 0.3) is 0 Å². The Morgan fingerprint density at radius 2 is 2.27 bits per heavy atom. The molecule has 0 aliphatic heterocycles. The quantitative estimate of drug-likeness (QED) is 0.757. The molecule has 0 saturated heterocycles. The van der Waals surface area contributed by atoms with Crippen molar-refractivity contribution in [1.29, 1.82) is 0 Å². The van der Waals surface area contributed by atoms with Crippen molar-refractivity contribution in [1.82, 2.24) is 10.2 Å². The van der Waals surface area contributed by atoms with E-state index in [-0.39, 0.29) is 0 Å². The first kappa shape index (κ1) is 10.4. The van der Waals surface area contributed by atoms with Crippen LogP contribution < -0.4 is 10.6 Å². The first-order valence-corrected chi connectivity index (χ1v) is 5.64. The molecule has 0 radical (unpaired) electrons. The molecule has 2 N–H and O–H groups in total. The van der Waals surface area contributed by atoms with Gasteiger partial charge in [-0.3, -0.25) is 0 Å². The molecule has 0 amide bonds. The molecule has 0 unspecified atom stereocenters. The SMILES string of the molecule is CCCN(c1nnc(CCN)o1)C1CC1. The largest absolute Gasteiger partial charge is 0.408 e. The molecule has 1 saturated carbocycles. The summed E-state index contributed by atoms with van der Waals surface area (Å²) in [5, 5.41) is 8.05. The number of anilines is 1. The third kappa shape index (κ3) is 2.47. The van der Waals surface area contributed by atoms with Gasteiger partial charge in [0.2, 0.25) is 5.89 Å². The maximum absolute atomic E-state index is 5.56. The van der Waals surface area contributed by atoms with Gasteiger partial charge in [0.1, 0.15) is 0 Å². The minimum atomic E-state index is 0.554. The Morgan fingerprint density at radius 1 is 1.47 bits per heavy atom. The van der Waals surface area contributed by atoms with Gasteiger partial charge in [-0.25, -0.2) is 0 Å². The lowest BCUT2D eigenvalue weighted by Crippen LogP contribution is -2.26. The van der Waals surface area contributed by atoms with Gasteiger partial charge < -0.3 is 15.1 Å². The van der Waals surface area contributed by atoms with E-state index in [1.165, 1.54) is 12.8 Å². The van der Waals surface area contributed by atoms with Crippen LogP contribution in [0, 0.1) is 0 Å². The van der Waals surface area contributed by atoms with Crippen LogP contribution in [-0.4, -0.2) is 29.3 Å². The summed E-state index contributed by atoms with van der Waals surface area (Å²) >= 11 is 0. The van der Waals surface area contributed by atoms with Crippen LogP contribution in [0.5, 0.6) is 0 Å². The second-order valence-corrected chi connectivity index (χ2v) is 3.94. The van der Waals surface area contributed by atoms with Crippen LogP contribution >= 0.6 is 0 Å². The summed E-state index contributed by atoms with van der Waals surface area (Å²) in [5.74, 6) is 0.647. The lowest BCUT2D eigenvalue weighted by Gasteiger charge is -2.17. The van der Waals surface area contributed by atoms with Crippen molar-refractivity contribution in [3.05, 3.63) is 5.89 Å². The normalized spacial score (nSPS) is 15.6. The van der Waals surface area contributed by atoms with E-state index >= 15 is 0 Å². The zero-order valence-corrected chi connectivity index (χ0v) is 9.15. The highest BCUT2D eigenvalue weighted by Crippen LogP contribution is 2.30. The molecule has 0 bridgehead atoms. The molecule has 1 aliphatic carbocycles. The van der Waals surface area contributed by atoms with E-state index in [9.17, 15) is 0 Å². The topological polar surface area (TPSA) is 68.2 Å². The molecule has 2 rings (SSSR count). The Labute approximate surface area is 89.6 Å². The molecule has 5 nitrogen and oxygen atoms in total. The van der Waals surface area contributed by atoms with Gasteiger partial charge in [-0.1, -0.05) is 12.0 Å². The molecular formula is C10H18N4O. The first-order valence-electron chi connectivity index (χ1n) is 5.64. The maximum Gasteiger partial charge on any atom is 0.318 e. The Bertz CT molecular complexity index is 308. The van der Waals surface area contributed by atoms with Gasteiger partial charge in [0.05, 0.1) is 0 Å². The van der Waals surface area contributed by atoms with E-state index in [4.69, 9.17) is 10.2 Å². The molecule has 1 aromatic rings. The van der Waals surface area contributed by atoms with Crippen LogP contribution in [0.15, 0.2) is 4.42 Å². The standard InChI is InChI=1S/C10H18N4O/c1-2-7-14(8-3-4-8)10-13-12-9(15-10)5-6-11/h8H,2-7,11H2,1H3. The molecule has 0 atom stereocenters. The lowest BCUT2D eigenvalue weighted by atomic mass is 10.4. The molecule has 1 fully saturated rings. The summed E-state index contributed by atoms with van der Waals surface area (Å²) < 4.78 is 5.56. The van der Waals surface area contributed by atoms with E-state index in [1.54, 1.807) is 0 Å². The number of rotatable bonds is 6. The Balaban J connectivity index is 2.04. The zero-order chi connectivity index (χ0) is 10.7. The Kier molecular flexibility index (Phi) is 3.20. The van der Waals surface area contributed by atoms with E-state index in [1.807, 2.05) is 0 Å². The fourth-order valence-electron chi connectivity index (χ4n) is 1.65. The highest BCUT2D eigenvalue weighted by molar-refractivity contribution is 5.29. The summed E-state index contributed by atoms with van der Waals surface area (Å²) in [4.78, 5) is 2.22. The smallest absolute Gasteiger partial charge is 0.318 e. The Hall–Kier alpha value is -1.10. The summed E-state index contributed by atoms with van der Waals surface area (Å²) in [5.41, 5.74) is 5.44. The second kappa shape index (κ2) is 4.61. The number of nitrogens with zero attached hydrogens (tertiary/aromatic N) is 3. The molecule has 0 spiro atoms. The molecular weight excluding hydrogens is 192 g/mol. The van der Waals surface area contributed by atoms with Crippen molar-refractivity contribution in [2.24, 2.45) is 5.73 Å². The van der Waals surface area contributed by atoms with Crippen molar-refractivity contribution < 1.29 is 4.42 Å². The molecule has 84 valence electrons. The van der Waals surface area contributed by atoms with E-state index in [0.717, 1.165) is 13.0 Å². The highest BCUT2D eigenvalue weighted by atomic mass is 16.4. The molecule has 15 heavy (non-hydrogen) atoms. The fraction of sp³-hybridized carbons (Fsp3) is 0.800. The van der Waals surface area contributed by atoms with Gasteiger partial charge in [0, 0.05) is 25.6 Å². The predicted molar refractivity (Wildman–Crippen MR) is 57.7 cm³/mol. The predicted octanol–water partition coefficient (Wildman–Crippen LogP) is 0.950. The molecule has 0 aromatic carbocycles. The average Bonchev–Trinajstić information content (AvgIpc) is 2.96. The Morgan fingerprint density at radius 3 is 2.87 bits per heavy atom. The van der Waals surface area contributed by atoms with Crippen LogP contribution in [0.2, 0.25) is 0 Å². The van der Waals surface area contributed by atoms with Crippen molar-refractivity contribution in [2.45, 2.75) is 38.6 Å². The third-order valence-electron chi connectivity index (χ3n) is 2.51. The number of hydrogen-bond acceptors (Lipinski definition) is 5. The molecule has 1 aliphatic rings. The summed E-state index contributed by atoms with van der Waals surface area (Å²) in [6.45, 7) is 3.71. The van der Waals surface area contributed by atoms with Gasteiger partial charge in [-0.15, -0.1) is 5.10 Å². The maximum atomic E-state index is 5.56. The third-order valence-corrected chi connectivity index (χ3v) is 2.51. The van der Waals surface area contributed by atoms with Gasteiger partial charge in [-0.2, -0.15) is 0 Å². The summed E-state index contributed by atoms with van der Waals surface area (Å²) in [6, 6.07) is 1.29. The molecule has 1 aromatic heterocycles. The number of hydrogen-bond donors (Lipinski definition) is 1. The van der Waals surface area contributed by atoms with Crippen molar-refractivity contribution in [2.75, 3.05) is 18.0 Å². The van der Waals surface area contributed by atoms with E-state index < -0.39 is 0 Å². The number of aromatic nitrogens is 2. The minimum absolute atomic E-state index is 0.554. The van der Waals surface area contributed by atoms with Gasteiger partial charge in [0.15, 0.2) is 0 Å². The summed E-state index contributed by atoms with van der Waals surface area (Å²) in [6.07, 6.45) is 4.26. The van der Waals surface area contributed by atoms with Crippen LogP contribution in [0.4, 0.5) is 6.01 Å². The summed E-state index contributed by atoms with van der Waals surface area (Å²) in [7, 11) is 0. The van der Waals surface area contributed by atoms with Crippen molar-refractivity contribution >= 4 is 6.01 Å². The van der Waals surface area contributed by atoms with Gasteiger partial charge >= 0.3 is 6.01 Å². The van der Waals surface area contributed by atoms with Crippen molar-refractivity contribution in [3.63, 3.8) is 0 Å². The molecule has 5 heteroatoms. The molecule has 1 heterocycles. The van der Waals surface area contributed by atoms with Gasteiger partial charge in [-0.05, 0) is 19.3 Å². The van der Waals surface area contributed by atoms with Crippen LogP contribution in [0.1, 0.15) is 32.1 Å². The van der Waals surface area contributed by atoms with Crippen LogP contribution in [0.3, 0.4) is 0 Å². The highest BCUT2D eigenvalue weighted by Gasteiger charge is 2.31. The first-order chi connectivity index (χ1) is 7.35. The van der Waals surface area contributed by atoms with E-state index in [0.29, 0.717) is 30.9 Å². The second-order valence-electron chi connectivity index (χ2n) is 3.94.